The Hall–Kier alpha value is -2.14. The van der Waals surface area contributed by atoms with Gasteiger partial charge in [-0.2, -0.15) is 0 Å². The first-order valence-electron chi connectivity index (χ1n) is 7.33. The number of hydrogen-bond acceptors (Lipinski definition) is 4. The third-order valence-electron chi connectivity index (χ3n) is 4.00. The van der Waals surface area contributed by atoms with E-state index in [2.05, 4.69) is 4.90 Å². The molecule has 0 aliphatic carbocycles. The zero-order chi connectivity index (χ0) is 14.9. The minimum absolute atomic E-state index is 0.225. The zero-order valence-electron chi connectivity index (χ0n) is 11.9. The number of rotatable bonds is 3. The van der Waals surface area contributed by atoms with E-state index >= 15 is 0 Å². The molecule has 0 spiro atoms. The molecule has 1 unspecified atom stereocenters. The number of benzene rings is 1. The van der Waals surface area contributed by atoms with Crippen LogP contribution >= 0.6 is 11.3 Å². The molecule has 5 heteroatoms. The molecule has 0 amide bonds. The Kier molecular flexibility index (Phi) is 3.42. The van der Waals surface area contributed by atoms with Gasteiger partial charge < -0.3 is 9.32 Å². The molecule has 0 N–H and O–H groups in total. The van der Waals surface area contributed by atoms with Crippen molar-refractivity contribution in [2.24, 2.45) is 0 Å². The van der Waals surface area contributed by atoms with Crippen molar-refractivity contribution in [1.82, 2.24) is 4.98 Å². The van der Waals surface area contributed by atoms with Crippen molar-refractivity contribution in [2.45, 2.75) is 18.9 Å². The van der Waals surface area contributed by atoms with E-state index in [9.17, 15) is 4.39 Å². The van der Waals surface area contributed by atoms with Crippen molar-refractivity contribution >= 4 is 16.5 Å². The number of furan rings is 1. The van der Waals surface area contributed by atoms with Gasteiger partial charge in [-0.25, -0.2) is 9.37 Å². The average Bonchev–Trinajstić information content (AvgIpc) is 3.27. The number of aromatic nitrogens is 1. The predicted molar refractivity (Wildman–Crippen MR) is 85.5 cm³/mol. The van der Waals surface area contributed by atoms with E-state index in [0.717, 1.165) is 41.5 Å². The molecule has 22 heavy (non-hydrogen) atoms. The van der Waals surface area contributed by atoms with Gasteiger partial charge in [0.15, 0.2) is 5.13 Å². The molecule has 3 aromatic rings. The summed E-state index contributed by atoms with van der Waals surface area (Å²) in [6.07, 6.45) is 3.94. The molecule has 1 aliphatic rings. The molecule has 1 saturated heterocycles. The van der Waals surface area contributed by atoms with Crippen LogP contribution in [0.1, 0.15) is 24.6 Å². The van der Waals surface area contributed by atoms with Gasteiger partial charge in [-0.3, -0.25) is 0 Å². The lowest BCUT2D eigenvalue weighted by Gasteiger charge is -2.22. The lowest BCUT2D eigenvalue weighted by atomic mass is 10.2. The normalized spacial score (nSPS) is 18.0. The summed E-state index contributed by atoms with van der Waals surface area (Å²) in [6, 6.07) is 10.7. The van der Waals surface area contributed by atoms with E-state index < -0.39 is 0 Å². The van der Waals surface area contributed by atoms with Gasteiger partial charge >= 0.3 is 0 Å². The van der Waals surface area contributed by atoms with Crippen molar-refractivity contribution in [2.75, 3.05) is 11.4 Å². The van der Waals surface area contributed by atoms with Crippen LogP contribution in [0.15, 0.2) is 52.5 Å². The highest BCUT2D eigenvalue weighted by Gasteiger charge is 2.30. The third-order valence-corrected chi connectivity index (χ3v) is 4.88. The molecule has 0 bridgehead atoms. The molecule has 1 fully saturated rings. The highest BCUT2D eigenvalue weighted by atomic mass is 32.1. The van der Waals surface area contributed by atoms with E-state index in [1.165, 1.54) is 12.1 Å². The summed E-state index contributed by atoms with van der Waals surface area (Å²) in [7, 11) is 0. The second kappa shape index (κ2) is 5.57. The number of anilines is 1. The van der Waals surface area contributed by atoms with Crippen molar-refractivity contribution < 1.29 is 8.81 Å². The molecular formula is C17H15FN2OS. The first-order valence-corrected chi connectivity index (χ1v) is 8.21. The fourth-order valence-electron chi connectivity index (χ4n) is 2.92. The molecule has 1 aromatic carbocycles. The average molecular weight is 314 g/mol. The molecule has 1 atom stereocenters. The summed E-state index contributed by atoms with van der Waals surface area (Å²) in [5.41, 5.74) is 1.84. The summed E-state index contributed by atoms with van der Waals surface area (Å²) in [4.78, 5) is 7.03. The first kappa shape index (κ1) is 13.5. The van der Waals surface area contributed by atoms with Crippen LogP contribution < -0.4 is 4.90 Å². The Morgan fingerprint density at radius 1 is 1.23 bits per heavy atom. The molecular weight excluding hydrogens is 299 g/mol. The van der Waals surface area contributed by atoms with E-state index in [-0.39, 0.29) is 11.9 Å². The zero-order valence-corrected chi connectivity index (χ0v) is 12.7. The minimum Gasteiger partial charge on any atom is -0.467 e. The highest BCUT2D eigenvalue weighted by Crippen LogP contribution is 2.38. The second-order valence-corrected chi connectivity index (χ2v) is 6.23. The van der Waals surface area contributed by atoms with Gasteiger partial charge in [0.2, 0.25) is 0 Å². The van der Waals surface area contributed by atoms with Gasteiger partial charge in [-0.15, -0.1) is 11.3 Å². The van der Waals surface area contributed by atoms with Crippen LogP contribution in [0.4, 0.5) is 9.52 Å². The maximum absolute atomic E-state index is 13.0. The molecule has 3 nitrogen and oxygen atoms in total. The predicted octanol–water partition coefficient (Wildman–Crippen LogP) is 4.88. The Morgan fingerprint density at radius 3 is 2.86 bits per heavy atom. The lowest BCUT2D eigenvalue weighted by molar-refractivity contribution is 0.465. The summed E-state index contributed by atoms with van der Waals surface area (Å²) >= 11 is 1.63. The molecule has 2 aromatic heterocycles. The number of hydrogen-bond donors (Lipinski definition) is 0. The van der Waals surface area contributed by atoms with Gasteiger partial charge in [-0.1, -0.05) is 0 Å². The second-order valence-electron chi connectivity index (χ2n) is 5.39. The topological polar surface area (TPSA) is 29.3 Å². The Bertz CT molecular complexity index is 751. The van der Waals surface area contributed by atoms with Crippen molar-refractivity contribution in [3.05, 3.63) is 59.6 Å². The molecule has 1 aliphatic heterocycles. The van der Waals surface area contributed by atoms with E-state index in [4.69, 9.17) is 9.40 Å². The monoisotopic (exact) mass is 314 g/mol. The molecule has 0 saturated carbocycles. The number of nitrogens with zero attached hydrogens (tertiary/aromatic N) is 2. The maximum Gasteiger partial charge on any atom is 0.186 e. The van der Waals surface area contributed by atoms with Crippen LogP contribution in [0, 0.1) is 5.82 Å². The van der Waals surface area contributed by atoms with Gasteiger partial charge in [0.25, 0.3) is 0 Å². The highest BCUT2D eigenvalue weighted by molar-refractivity contribution is 7.14. The summed E-state index contributed by atoms with van der Waals surface area (Å²) in [5.74, 6) is 0.771. The largest absolute Gasteiger partial charge is 0.467 e. The fourth-order valence-corrected chi connectivity index (χ4v) is 3.83. The van der Waals surface area contributed by atoms with Crippen LogP contribution in [0.2, 0.25) is 0 Å². The SMILES string of the molecule is Fc1ccc(-c2csc(N3CCCC3c3ccco3)n2)cc1. The molecule has 0 radical (unpaired) electrons. The van der Waals surface area contributed by atoms with Crippen LogP contribution in [0.3, 0.4) is 0 Å². The minimum atomic E-state index is -0.225. The number of halogens is 1. The van der Waals surface area contributed by atoms with Gasteiger partial charge in [0.05, 0.1) is 18.0 Å². The smallest absolute Gasteiger partial charge is 0.186 e. The van der Waals surface area contributed by atoms with Crippen LogP contribution in [-0.4, -0.2) is 11.5 Å². The summed E-state index contributed by atoms with van der Waals surface area (Å²) < 4.78 is 18.6. The van der Waals surface area contributed by atoms with E-state index in [0.29, 0.717) is 0 Å². The van der Waals surface area contributed by atoms with Gasteiger partial charge in [0.1, 0.15) is 11.6 Å². The van der Waals surface area contributed by atoms with E-state index in [1.807, 2.05) is 17.5 Å². The van der Waals surface area contributed by atoms with Crippen molar-refractivity contribution in [3.63, 3.8) is 0 Å². The standard InChI is InChI=1S/C17H15FN2OS/c18-13-7-5-12(6-8-13)14-11-22-17(19-14)20-9-1-3-15(20)16-4-2-10-21-16/h2,4-8,10-11,15H,1,3,9H2. The number of thiazole rings is 1. The third kappa shape index (κ3) is 2.41. The van der Waals surface area contributed by atoms with Crippen molar-refractivity contribution in [1.29, 1.82) is 0 Å². The summed E-state index contributed by atoms with van der Waals surface area (Å²) in [5, 5.41) is 3.03. The molecule has 3 heterocycles. The first-order chi connectivity index (χ1) is 10.8. The molecule has 4 rings (SSSR count). The lowest BCUT2D eigenvalue weighted by Crippen LogP contribution is -2.21. The quantitative estimate of drug-likeness (QED) is 0.689. The Balaban J connectivity index is 1.62. The van der Waals surface area contributed by atoms with E-state index in [1.54, 1.807) is 29.7 Å². The summed E-state index contributed by atoms with van der Waals surface area (Å²) in [6.45, 7) is 0.988. The molecule has 112 valence electrons. The van der Waals surface area contributed by atoms with Crippen LogP contribution in [0.25, 0.3) is 11.3 Å². The van der Waals surface area contributed by atoms with Crippen LogP contribution in [0.5, 0.6) is 0 Å². The Morgan fingerprint density at radius 2 is 2.09 bits per heavy atom. The Labute approximate surface area is 132 Å². The van der Waals surface area contributed by atoms with Gasteiger partial charge in [-0.05, 0) is 49.2 Å². The van der Waals surface area contributed by atoms with Crippen LogP contribution in [-0.2, 0) is 0 Å². The fraction of sp³-hybridized carbons (Fsp3) is 0.235. The van der Waals surface area contributed by atoms with Crippen molar-refractivity contribution in [3.8, 4) is 11.3 Å². The van der Waals surface area contributed by atoms with Gasteiger partial charge in [0, 0.05) is 17.5 Å². The maximum atomic E-state index is 13.0.